The van der Waals surface area contributed by atoms with Crippen LogP contribution in [0, 0.1) is 5.92 Å². The van der Waals surface area contributed by atoms with Gasteiger partial charge in [-0.25, -0.2) is 0 Å². The molecule has 1 rings (SSSR count). The third-order valence-electron chi connectivity index (χ3n) is 2.80. The first-order valence-electron chi connectivity index (χ1n) is 6.82. The summed E-state index contributed by atoms with van der Waals surface area (Å²) < 4.78 is 5.36. The quantitative estimate of drug-likeness (QED) is 0.717. The third-order valence-corrected chi connectivity index (χ3v) is 2.80. The molecule has 110 valence electrons. The van der Waals surface area contributed by atoms with Gasteiger partial charge in [0.15, 0.2) is 0 Å². The number of aliphatic hydroxyl groups excluding tert-OH is 1. The van der Waals surface area contributed by atoms with Gasteiger partial charge in [-0.2, -0.15) is 0 Å². The number of hydrogen-bond donors (Lipinski definition) is 2. The monoisotopic (exact) mass is 277 g/mol. The summed E-state index contributed by atoms with van der Waals surface area (Å²) in [5.41, 5.74) is 0.554. The van der Waals surface area contributed by atoms with Crippen LogP contribution in [-0.2, 0) is 0 Å². The van der Waals surface area contributed by atoms with Gasteiger partial charge >= 0.3 is 0 Å². The van der Waals surface area contributed by atoms with E-state index in [1.807, 2.05) is 0 Å². The zero-order valence-electron chi connectivity index (χ0n) is 12.1. The summed E-state index contributed by atoms with van der Waals surface area (Å²) in [4.78, 5) is 12.0. The minimum Gasteiger partial charge on any atom is -0.490 e. The number of hydrogen-bond acceptors (Lipinski definition) is 3. The van der Waals surface area contributed by atoms with Crippen LogP contribution in [0.1, 0.15) is 30.6 Å². The normalized spacial score (nSPS) is 12.0. The van der Waals surface area contributed by atoms with E-state index in [4.69, 9.17) is 4.74 Å². The van der Waals surface area contributed by atoms with Crippen LogP contribution in [0.5, 0.6) is 5.75 Å². The molecular formula is C16H23NO3. The first-order chi connectivity index (χ1) is 9.56. The summed E-state index contributed by atoms with van der Waals surface area (Å²) in [5, 5.41) is 12.1. The highest BCUT2D eigenvalue weighted by atomic mass is 16.5. The molecule has 1 aromatic rings. The molecule has 20 heavy (non-hydrogen) atoms. The molecule has 1 atom stereocenters. The highest BCUT2D eigenvalue weighted by Crippen LogP contribution is 2.13. The second-order valence-electron chi connectivity index (χ2n) is 5.11. The lowest BCUT2D eigenvalue weighted by molar-refractivity contribution is 0.0908. The summed E-state index contributed by atoms with van der Waals surface area (Å²) in [6, 6.07) is 6.69. The van der Waals surface area contributed by atoms with Gasteiger partial charge in [-0.3, -0.25) is 4.79 Å². The van der Waals surface area contributed by atoms with Gasteiger partial charge in [0, 0.05) is 5.56 Å². The molecular weight excluding hydrogens is 254 g/mol. The molecule has 0 saturated heterocycles. The summed E-state index contributed by atoms with van der Waals surface area (Å²) in [5.74, 6) is 0.935. The third kappa shape index (κ3) is 5.45. The van der Waals surface area contributed by atoms with E-state index in [9.17, 15) is 9.90 Å². The maximum Gasteiger partial charge on any atom is 0.251 e. The number of benzene rings is 1. The van der Waals surface area contributed by atoms with Crippen molar-refractivity contribution in [3.63, 3.8) is 0 Å². The van der Waals surface area contributed by atoms with E-state index in [1.54, 1.807) is 30.3 Å². The Morgan fingerprint density at radius 1 is 1.40 bits per heavy atom. The van der Waals surface area contributed by atoms with Crippen molar-refractivity contribution in [1.82, 2.24) is 5.32 Å². The predicted octanol–water partition coefficient (Wildman–Crippen LogP) is 2.39. The minimum atomic E-state index is -0.209. The lowest BCUT2D eigenvalue weighted by Gasteiger charge is -2.18. The van der Waals surface area contributed by atoms with Gasteiger partial charge < -0.3 is 15.2 Å². The molecule has 1 amide bonds. The van der Waals surface area contributed by atoms with Gasteiger partial charge in [0.2, 0.25) is 0 Å². The Bertz CT molecular complexity index is 426. The predicted molar refractivity (Wildman–Crippen MR) is 79.9 cm³/mol. The van der Waals surface area contributed by atoms with E-state index in [1.165, 1.54) is 0 Å². The lowest BCUT2D eigenvalue weighted by Crippen LogP contribution is -2.38. The van der Waals surface area contributed by atoms with Crippen LogP contribution >= 0.6 is 0 Å². The zero-order valence-corrected chi connectivity index (χ0v) is 12.1. The average Bonchev–Trinajstić information content (AvgIpc) is 2.44. The SMILES string of the molecule is C=CCOc1ccc(C(=O)NC(CO)CC(C)C)cc1. The fourth-order valence-electron chi connectivity index (χ4n) is 1.87. The fraction of sp³-hybridized carbons (Fsp3) is 0.438. The van der Waals surface area contributed by atoms with E-state index in [0.717, 1.165) is 6.42 Å². The molecule has 0 spiro atoms. The van der Waals surface area contributed by atoms with Crippen LogP contribution in [0.15, 0.2) is 36.9 Å². The van der Waals surface area contributed by atoms with Crippen LogP contribution in [-0.4, -0.2) is 30.3 Å². The van der Waals surface area contributed by atoms with Crippen LogP contribution in [0.25, 0.3) is 0 Å². The topological polar surface area (TPSA) is 58.6 Å². The second-order valence-corrected chi connectivity index (χ2v) is 5.11. The lowest BCUT2D eigenvalue weighted by atomic mass is 10.0. The molecule has 0 fully saturated rings. The summed E-state index contributed by atoms with van der Waals surface area (Å²) in [6.45, 7) is 8.07. The molecule has 0 aliphatic heterocycles. The smallest absolute Gasteiger partial charge is 0.251 e. The Morgan fingerprint density at radius 2 is 2.05 bits per heavy atom. The van der Waals surface area contributed by atoms with Gasteiger partial charge in [-0.05, 0) is 36.6 Å². The first-order valence-corrected chi connectivity index (χ1v) is 6.82. The molecule has 1 aromatic carbocycles. The molecule has 1 unspecified atom stereocenters. The molecule has 0 bridgehead atoms. The van der Waals surface area contributed by atoms with Crippen LogP contribution in [0.3, 0.4) is 0 Å². The Kier molecular flexibility index (Phi) is 6.81. The van der Waals surface area contributed by atoms with Gasteiger partial charge in [-0.15, -0.1) is 0 Å². The fourth-order valence-corrected chi connectivity index (χ4v) is 1.87. The van der Waals surface area contributed by atoms with E-state index < -0.39 is 0 Å². The number of rotatable bonds is 8. The van der Waals surface area contributed by atoms with Crippen LogP contribution in [0.2, 0.25) is 0 Å². The molecule has 0 saturated carbocycles. The first kappa shape index (κ1) is 16.2. The van der Waals surface area contributed by atoms with Gasteiger partial charge in [-0.1, -0.05) is 26.5 Å². The highest BCUT2D eigenvalue weighted by Gasteiger charge is 2.14. The van der Waals surface area contributed by atoms with Crippen molar-refractivity contribution < 1.29 is 14.6 Å². The number of nitrogens with one attached hydrogen (secondary N) is 1. The molecule has 0 aliphatic rings. The molecule has 2 N–H and O–H groups in total. The molecule has 0 heterocycles. The number of amides is 1. The minimum absolute atomic E-state index is 0.0511. The highest BCUT2D eigenvalue weighted by molar-refractivity contribution is 5.94. The van der Waals surface area contributed by atoms with Crippen molar-refractivity contribution in [1.29, 1.82) is 0 Å². The van der Waals surface area contributed by atoms with Gasteiger partial charge in [0.1, 0.15) is 12.4 Å². The second kappa shape index (κ2) is 8.38. The van der Waals surface area contributed by atoms with Crippen molar-refractivity contribution in [2.24, 2.45) is 5.92 Å². The Labute approximate surface area is 120 Å². The molecule has 0 aliphatic carbocycles. The van der Waals surface area contributed by atoms with Crippen molar-refractivity contribution in [2.75, 3.05) is 13.2 Å². The number of aliphatic hydroxyl groups is 1. The van der Waals surface area contributed by atoms with Crippen molar-refractivity contribution in [3.05, 3.63) is 42.5 Å². The molecule has 0 radical (unpaired) electrons. The van der Waals surface area contributed by atoms with E-state index in [-0.39, 0.29) is 18.6 Å². The number of carbonyl (C=O) groups is 1. The molecule has 0 aromatic heterocycles. The van der Waals surface area contributed by atoms with Crippen molar-refractivity contribution >= 4 is 5.91 Å². The van der Waals surface area contributed by atoms with Crippen molar-refractivity contribution in [2.45, 2.75) is 26.3 Å². The van der Waals surface area contributed by atoms with Crippen LogP contribution < -0.4 is 10.1 Å². The average molecular weight is 277 g/mol. The summed E-state index contributed by atoms with van der Waals surface area (Å²) in [7, 11) is 0. The zero-order chi connectivity index (χ0) is 15.0. The maximum absolute atomic E-state index is 12.0. The largest absolute Gasteiger partial charge is 0.490 e. The number of carbonyl (C=O) groups excluding carboxylic acids is 1. The standard InChI is InChI=1S/C16H23NO3/c1-4-9-20-15-7-5-13(6-8-15)16(19)17-14(11-18)10-12(2)3/h4-8,12,14,18H,1,9-11H2,2-3H3,(H,17,19). The maximum atomic E-state index is 12.0. The van der Waals surface area contributed by atoms with Crippen molar-refractivity contribution in [3.8, 4) is 5.75 Å². The van der Waals surface area contributed by atoms with Gasteiger partial charge in [0.05, 0.1) is 12.6 Å². The van der Waals surface area contributed by atoms with Gasteiger partial charge in [0.25, 0.3) is 5.91 Å². The Hall–Kier alpha value is -1.81. The van der Waals surface area contributed by atoms with E-state index >= 15 is 0 Å². The summed E-state index contributed by atoms with van der Waals surface area (Å²) in [6.07, 6.45) is 2.42. The number of ether oxygens (including phenoxy) is 1. The Morgan fingerprint density at radius 3 is 2.55 bits per heavy atom. The Balaban J connectivity index is 2.60. The van der Waals surface area contributed by atoms with E-state index in [2.05, 4.69) is 25.7 Å². The molecule has 4 nitrogen and oxygen atoms in total. The van der Waals surface area contributed by atoms with Crippen LogP contribution in [0.4, 0.5) is 0 Å². The van der Waals surface area contributed by atoms with E-state index in [0.29, 0.717) is 23.8 Å². The summed E-state index contributed by atoms with van der Waals surface area (Å²) >= 11 is 0. The molecule has 4 heteroatoms.